The van der Waals surface area contributed by atoms with Crippen LogP contribution in [0.2, 0.25) is 5.02 Å². The molecular formula is C29H26ClFN2O6S. The van der Waals surface area contributed by atoms with E-state index in [1.54, 1.807) is 55.5 Å². The van der Waals surface area contributed by atoms with Gasteiger partial charge < -0.3 is 19.5 Å². The summed E-state index contributed by atoms with van der Waals surface area (Å²) in [5.74, 6) is -0.243. The van der Waals surface area contributed by atoms with E-state index < -0.39 is 23.6 Å². The van der Waals surface area contributed by atoms with Crippen molar-refractivity contribution in [1.29, 1.82) is 0 Å². The first-order valence-electron chi connectivity index (χ1n) is 12.4. The predicted octanol–water partition coefficient (Wildman–Crippen LogP) is 6.53. The number of nitrogens with one attached hydrogen (secondary N) is 1. The molecule has 1 fully saturated rings. The Morgan fingerprint density at radius 1 is 1.02 bits per heavy atom. The molecule has 11 heteroatoms. The Hall–Kier alpha value is -4.02. The summed E-state index contributed by atoms with van der Waals surface area (Å²) in [5.41, 5.74) is 1.62. The van der Waals surface area contributed by atoms with Crippen LogP contribution in [-0.4, -0.2) is 41.7 Å². The van der Waals surface area contributed by atoms with E-state index in [-0.39, 0.29) is 28.1 Å². The van der Waals surface area contributed by atoms with Gasteiger partial charge in [0.1, 0.15) is 24.7 Å². The Bertz CT molecular complexity index is 1450. The van der Waals surface area contributed by atoms with E-state index in [4.69, 9.17) is 25.8 Å². The first kappa shape index (κ1) is 29.0. The van der Waals surface area contributed by atoms with Crippen LogP contribution in [0.4, 0.5) is 14.9 Å². The second-order valence-corrected chi connectivity index (χ2v) is 9.86. The van der Waals surface area contributed by atoms with Crippen LogP contribution in [0, 0.1) is 5.82 Å². The van der Waals surface area contributed by atoms with Crippen molar-refractivity contribution in [3.8, 4) is 17.2 Å². The predicted molar refractivity (Wildman–Crippen MR) is 152 cm³/mol. The first-order valence-corrected chi connectivity index (χ1v) is 13.6. The number of ether oxygens (including phenoxy) is 3. The van der Waals surface area contributed by atoms with Crippen molar-refractivity contribution in [3.05, 3.63) is 87.5 Å². The molecule has 208 valence electrons. The molecule has 3 amide bonds. The van der Waals surface area contributed by atoms with Crippen LogP contribution in [0.5, 0.6) is 17.2 Å². The van der Waals surface area contributed by atoms with Crippen LogP contribution in [0.3, 0.4) is 0 Å². The highest BCUT2D eigenvalue weighted by Crippen LogP contribution is 2.39. The van der Waals surface area contributed by atoms with Crippen molar-refractivity contribution in [2.24, 2.45) is 0 Å². The summed E-state index contributed by atoms with van der Waals surface area (Å²) in [4.78, 5) is 39.1. The van der Waals surface area contributed by atoms with Crippen molar-refractivity contribution >= 4 is 52.2 Å². The Balaban J connectivity index is 1.45. The van der Waals surface area contributed by atoms with Gasteiger partial charge in [-0.1, -0.05) is 23.7 Å². The summed E-state index contributed by atoms with van der Waals surface area (Å²) in [6.07, 6.45) is 1.50. The zero-order chi connectivity index (χ0) is 28.6. The van der Waals surface area contributed by atoms with Crippen molar-refractivity contribution < 1.29 is 33.0 Å². The molecule has 0 radical (unpaired) electrons. The van der Waals surface area contributed by atoms with Gasteiger partial charge in [0.15, 0.2) is 11.5 Å². The molecule has 1 aliphatic heterocycles. The normalized spacial score (nSPS) is 14.0. The first-order chi connectivity index (χ1) is 19.3. The quantitative estimate of drug-likeness (QED) is 0.256. The molecule has 0 atom stereocenters. The van der Waals surface area contributed by atoms with Gasteiger partial charge in [-0.05, 0) is 91.3 Å². The number of benzene rings is 3. The average Bonchev–Trinajstić information content (AvgIpc) is 3.17. The van der Waals surface area contributed by atoms with Gasteiger partial charge in [-0.3, -0.25) is 19.3 Å². The Morgan fingerprint density at radius 2 is 1.77 bits per heavy atom. The van der Waals surface area contributed by atoms with E-state index in [1.807, 2.05) is 6.92 Å². The van der Waals surface area contributed by atoms with Gasteiger partial charge in [-0.2, -0.15) is 0 Å². The minimum atomic E-state index is -0.600. The van der Waals surface area contributed by atoms with E-state index in [0.29, 0.717) is 41.5 Å². The molecule has 3 aromatic rings. The van der Waals surface area contributed by atoms with Gasteiger partial charge in [0.25, 0.3) is 11.1 Å². The third-order valence-corrected chi connectivity index (χ3v) is 6.71. The third kappa shape index (κ3) is 7.34. The maximum absolute atomic E-state index is 13.5. The molecule has 0 spiro atoms. The molecule has 1 heterocycles. The number of nitrogens with zero attached hydrogens (tertiary/aromatic N) is 1. The molecule has 1 saturated heterocycles. The third-order valence-electron chi connectivity index (χ3n) is 5.53. The summed E-state index contributed by atoms with van der Waals surface area (Å²) in [7, 11) is 0. The van der Waals surface area contributed by atoms with Crippen LogP contribution in [0.15, 0.2) is 65.6 Å². The van der Waals surface area contributed by atoms with Crippen LogP contribution in [-0.2, 0) is 16.2 Å². The molecule has 4 rings (SSSR count). The Kier molecular flexibility index (Phi) is 9.68. The zero-order valence-electron chi connectivity index (χ0n) is 21.7. The van der Waals surface area contributed by atoms with Crippen molar-refractivity contribution in [3.63, 3.8) is 0 Å². The topological polar surface area (TPSA) is 94.2 Å². The molecule has 0 aromatic heterocycles. The molecule has 40 heavy (non-hydrogen) atoms. The lowest BCUT2D eigenvalue weighted by Crippen LogP contribution is -2.36. The lowest BCUT2D eigenvalue weighted by atomic mass is 10.1. The maximum atomic E-state index is 13.5. The van der Waals surface area contributed by atoms with E-state index in [2.05, 4.69) is 5.32 Å². The van der Waals surface area contributed by atoms with Crippen molar-refractivity contribution in [2.45, 2.75) is 20.5 Å². The van der Waals surface area contributed by atoms with Gasteiger partial charge in [0, 0.05) is 5.69 Å². The number of imide groups is 1. The summed E-state index contributed by atoms with van der Waals surface area (Å²) < 4.78 is 30.4. The largest absolute Gasteiger partial charge is 0.494 e. The minimum absolute atomic E-state index is 0.0640. The van der Waals surface area contributed by atoms with Crippen LogP contribution in [0.1, 0.15) is 25.0 Å². The lowest BCUT2D eigenvalue weighted by Gasteiger charge is -2.15. The second kappa shape index (κ2) is 13.4. The van der Waals surface area contributed by atoms with E-state index >= 15 is 0 Å². The van der Waals surface area contributed by atoms with Gasteiger partial charge >= 0.3 is 0 Å². The van der Waals surface area contributed by atoms with E-state index in [0.717, 1.165) is 16.7 Å². The highest BCUT2D eigenvalue weighted by molar-refractivity contribution is 8.18. The number of carbonyl (C=O) groups excluding carboxylic acids is 3. The summed E-state index contributed by atoms with van der Waals surface area (Å²) in [6, 6.07) is 16.0. The zero-order valence-corrected chi connectivity index (χ0v) is 23.3. The molecule has 1 aliphatic rings. The lowest BCUT2D eigenvalue weighted by molar-refractivity contribution is -0.127. The maximum Gasteiger partial charge on any atom is 0.294 e. The van der Waals surface area contributed by atoms with Gasteiger partial charge in [0.05, 0.1) is 23.1 Å². The number of thioether (sulfide) groups is 1. The Morgan fingerprint density at radius 3 is 2.48 bits per heavy atom. The number of amides is 3. The molecule has 0 bridgehead atoms. The highest BCUT2D eigenvalue weighted by atomic mass is 35.5. The van der Waals surface area contributed by atoms with Crippen molar-refractivity contribution in [1.82, 2.24) is 4.90 Å². The van der Waals surface area contributed by atoms with Gasteiger partial charge in [-0.15, -0.1) is 0 Å². The van der Waals surface area contributed by atoms with E-state index in [9.17, 15) is 18.8 Å². The van der Waals surface area contributed by atoms with Crippen LogP contribution >= 0.6 is 23.4 Å². The Labute approximate surface area is 240 Å². The van der Waals surface area contributed by atoms with Gasteiger partial charge in [0.2, 0.25) is 5.91 Å². The molecule has 1 N–H and O–H groups in total. The number of anilines is 1. The van der Waals surface area contributed by atoms with Crippen LogP contribution in [0.25, 0.3) is 6.08 Å². The fourth-order valence-electron chi connectivity index (χ4n) is 3.79. The molecular weight excluding hydrogens is 559 g/mol. The van der Waals surface area contributed by atoms with Gasteiger partial charge in [-0.25, -0.2) is 4.39 Å². The average molecular weight is 585 g/mol. The number of carbonyl (C=O) groups is 3. The summed E-state index contributed by atoms with van der Waals surface area (Å²) in [6.45, 7) is 4.12. The number of hydrogen-bond donors (Lipinski definition) is 1. The van der Waals surface area contributed by atoms with Crippen molar-refractivity contribution in [2.75, 3.05) is 25.1 Å². The number of rotatable bonds is 11. The SMILES string of the molecule is CCOc1ccc(NC(=O)CN2C(=O)S/C(=C/c3cc(Cl)c(OCc4cccc(F)c4)c(OCC)c3)C2=O)cc1. The van der Waals surface area contributed by atoms with Crippen LogP contribution < -0.4 is 19.5 Å². The highest BCUT2D eigenvalue weighted by Gasteiger charge is 2.36. The monoisotopic (exact) mass is 584 g/mol. The molecule has 0 aliphatic carbocycles. The summed E-state index contributed by atoms with van der Waals surface area (Å²) >= 11 is 7.20. The second-order valence-electron chi connectivity index (χ2n) is 8.46. The standard InChI is InChI=1S/C29H26ClFN2O6S/c1-3-37-22-10-8-21(9-11-22)32-26(34)16-33-28(35)25(40-29(33)36)15-19-13-23(30)27(24(14-19)38-4-2)39-17-18-6-5-7-20(31)12-18/h5-15H,3-4,16-17H2,1-2H3,(H,32,34)/b25-15+. The number of hydrogen-bond acceptors (Lipinski definition) is 7. The molecule has 0 unspecified atom stereocenters. The molecule has 0 saturated carbocycles. The minimum Gasteiger partial charge on any atom is -0.494 e. The fourth-order valence-corrected chi connectivity index (χ4v) is 4.90. The number of halogens is 2. The fraction of sp³-hybridized carbons (Fsp3) is 0.207. The summed E-state index contributed by atoms with van der Waals surface area (Å²) in [5, 5.41) is 2.31. The molecule has 3 aromatic carbocycles. The molecule has 8 nitrogen and oxygen atoms in total. The smallest absolute Gasteiger partial charge is 0.294 e. The van der Waals surface area contributed by atoms with E-state index in [1.165, 1.54) is 18.2 Å².